The standard InChI is InChI=1S/C11H11NO3/c12-8-5-9(13)7-4-11-10(3-6(7)8)14-1-2-15-11/h3-4,8H,1-2,5,12H2. The summed E-state index contributed by atoms with van der Waals surface area (Å²) in [4.78, 5) is 11.6. The summed E-state index contributed by atoms with van der Waals surface area (Å²) >= 11 is 0. The number of ketones is 1. The molecule has 1 heterocycles. The maximum atomic E-state index is 11.6. The Kier molecular flexibility index (Phi) is 1.73. The number of hydrogen-bond acceptors (Lipinski definition) is 4. The van der Waals surface area contributed by atoms with Crippen molar-refractivity contribution in [3.8, 4) is 11.5 Å². The van der Waals surface area contributed by atoms with E-state index in [0.29, 0.717) is 36.7 Å². The number of ether oxygens (including phenoxy) is 2. The number of fused-ring (bicyclic) bond motifs is 2. The van der Waals surface area contributed by atoms with Gasteiger partial charge in [0, 0.05) is 18.0 Å². The molecule has 0 bridgehead atoms. The molecule has 1 aromatic rings. The largest absolute Gasteiger partial charge is 0.486 e. The van der Waals surface area contributed by atoms with Crippen LogP contribution in [-0.2, 0) is 0 Å². The Morgan fingerprint density at radius 1 is 1.20 bits per heavy atom. The highest BCUT2D eigenvalue weighted by atomic mass is 16.6. The Bertz CT molecular complexity index is 442. The van der Waals surface area contributed by atoms with Gasteiger partial charge in [-0.1, -0.05) is 0 Å². The van der Waals surface area contributed by atoms with E-state index in [-0.39, 0.29) is 11.8 Å². The summed E-state index contributed by atoms with van der Waals surface area (Å²) in [6, 6.07) is 3.39. The maximum absolute atomic E-state index is 11.6. The fraction of sp³-hybridized carbons (Fsp3) is 0.364. The monoisotopic (exact) mass is 205 g/mol. The van der Waals surface area contributed by atoms with Gasteiger partial charge < -0.3 is 15.2 Å². The van der Waals surface area contributed by atoms with E-state index in [1.165, 1.54) is 0 Å². The Balaban J connectivity index is 2.16. The summed E-state index contributed by atoms with van der Waals surface area (Å²) in [6.45, 7) is 1.08. The SMILES string of the molecule is NC1CC(=O)c2cc3c(cc21)OCCO3. The molecule has 0 spiro atoms. The highest BCUT2D eigenvalue weighted by Gasteiger charge is 2.29. The lowest BCUT2D eigenvalue weighted by Crippen LogP contribution is -2.16. The third-order valence-electron chi connectivity index (χ3n) is 2.82. The molecule has 0 saturated carbocycles. The van der Waals surface area contributed by atoms with Crippen LogP contribution in [0.25, 0.3) is 0 Å². The van der Waals surface area contributed by atoms with Crippen LogP contribution < -0.4 is 15.2 Å². The van der Waals surface area contributed by atoms with Gasteiger partial charge in [0.05, 0.1) is 0 Å². The molecule has 0 fully saturated rings. The van der Waals surface area contributed by atoms with Crippen molar-refractivity contribution in [2.75, 3.05) is 13.2 Å². The van der Waals surface area contributed by atoms with Crippen molar-refractivity contribution in [2.45, 2.75) is 12.5 Å². The van der Waals surface area contributed by atoms with Crippen LogP contribution in [0.2, 0.25) is 0 Å². The van der Waals surface area contributed by atoms with Crippen LogP contribution >= 0.6 is 0 Å². The highest BCUT2D eigenvalue weighted by molar-refractivity contribution is 6.01. The third-order valence-corrected chi connectivity index (χ3v) is 2.82. The van der Waals surface area contributed by atoms with E-state index in [1.54, 1.807) is 6.07 Å². The molecule has 1 atom stereocenters. The summed E-state index contributed by atoms with van der Waals surface area (Å²) in [6.07, 6.45) is 0.387. The van der Waals surface area contributed by atoms with Gasteiger partial charge in [-0.15, -0.1) is 0 Å². The lowest BCUT2D eigenvalue weighted by molar-refractivity contribution is 0.0988. The molecule has 1 aliphatic carbocycles. The molecule has 1 aromatic carbocycles. The number of hydrogen-bond donors (Lipinski definition) is 1. The minimum absolute atomic E-state index is 0.0921. The van der Waals surface area contributed by atoms with Crippen LogP contribution in [0.3, 0.4) is 0 Å². The molecule has 3 rings (SSSR count). The summed E-state index contributed by atoms with van der Waals surface area (Å²) in [5.74, 6) is 1.45. The second-order valence-corrected chi connectivity index (χ2v) is 3.82. The van der Waals surface area contributed by atoms with Crippen LogP contribution in [0.4, 0.5) is 0 Å². The van der Waals surface area contributed by atoms with Crippen molar-refractivity contribution in [3.05, 3.63) is 23.3 Å². The average Bonchev–Trinajstić information content (AvgIpc) is 2.52. The molecule has 4 nitrogen and oxygen atoms in total. The van der Waals surface area contributed by atoms with Gasteiger partial charge in [-0.3, -0.25) is 4.79 Å². The molecule has 4 heteroatoms. The lowest BCUT2D eigenvalue weighted by Gasteiger charge is -2.19. The second-order valence-electron chi connectivity index (χ2n) is 3.82. The topological polar surface area (TPSA) is 61.6 Å². The molecule has 0 amide bonds. The lowest BCUT2D eigenvalue weighted by atomic mass is 10.1. The zero-order valence-electron chi connectivity index (χ0n) is 8.16. The van der Waals surface area contributed by atoms with E-state index in [2.05, 4.69) is 0 Å². The second kappa shape index (κ2) is 2.97. The van der Waals surface area contributed by atoms with Crippen molar-refractivity contribution < 1.29 is 14.3 Å². The number of carbonyl (C=O) groups is 1. The zero-order valence-corrected chi connectivity index (χ0v) is 8.16. The Morgan fingerprint density at radius 2 is 1.87 bits per heavy atom. The van der Waals surface area contributed by atoms with Gasteiger partial charge in [0.15, 0.2) is 17.3 Å². The van der Waals surface area contributed by atoms with Crippen LogP contribution in [0.5, 0.6) is 11.5 Å². The Morgan fingerprint density at radius 3 is 2.60 bits per heavy atom. The summed E-state index contributed by atoms with van der Waals surface area (Å²) < 4.78 is 10.9. The van der Waals surface area contributed by atoms with Crippen molar-refractivity contribution in [2.24, 2.45) is 5.73 Å². The fourth-order valence-corrected chi connectivity index (χ4v) is 2.07. The van der Waals surface area contributed by atoms with Gasteiger partial charge in [-0.05, 0) is 17.7 Å². The normalized spacial score (nSPS) is 22.7. The van der Waals surface area contributed by atoms with Crippen molar-refractivity contribution in [1.29, 1.82) is 0 Å². The first-order chi connectivity index (χ1) is 7.25. The first kappa shape index (κ1) is 8.73. The number of rotatable bonds is 0. The first-order valence-electron chi connectivity index (χ1n) is 4.98. The third kappa shape index (κ3) is 1.22. The zero-order chi connectivity index (χ0) is 10.4. The van der Waals surface area contributed by atoms with Crippen molar-refractivity contribution >= 4 is 5.78 Å². The summed E-state index contributed by atoms with van der Waals surface area (Å²) in [5.41, 5.74) is 7.42. The van der Waals surface area contributed by atoms with E-state index in [4.69, 9.17) is 15.2 Å². The highest BCUT2D eigenvalue weighted by Crippen LogP contribution is 2.39. The predicted molar refractivity (Wildman–Crippen MR) is 53.3 cm³/mol. The van der Waals surface area contributed by atoms with E-state index < -0.39 is 0 Å². The first-order valence-corrected chi connectivity index (χ1v) is 4.98. The van der Waals surface area contributed by atoms with Gasteiger partial charge in [-0.25, -0.2) is 0 Å². The molecule has 78 valence electrons. The summed E-state index contributed by atoms with van der Waals surface area (Å²) in [5, 5.41) is 0. The predicted octanol–water partition coefficient (Wildman–Crippen LogP) is 1.04. The van der Waals surface area contributed by atoms with Gasteiger partial charge in [0.2, 0.25) is 0 Å². The minimum Gasteiger partial charge on any atom is -0.486 e. The minimum atomic E-state index is -0.191. The van der Waals surface area contributed by atoms with Crippen LogP contribution in [-0.4, -0.2) is 19.0 Å². The van der Waals surface area contributed by atoms with Crippen molar-refractivity contribution in [1.82, 2.24) is 0 Å². The maximum Gasteiger partial charge on any atom is 0.165 e. The fourth-order valence-electron chi connectivity index (χ4n) is 2.07. The van der Waals surface area contributed by atoms with E-state index in [1.807, 2.05) is 6.07 Å². The van der Waals surface area contributed by atoms with E-state index in [9.17, 15) is 4.79 Å². The number of nitrogens with two attached hydrogens (primary N) is 1. The van der Waals surface area contributed by atoms with Gasteiger partial charge in [0.25, 0.3) is 0 Å². The molecular formula is C11H11NO3. The van der Waals surface area contributed by atoms with Crippen molar-refractivity contribution in [3.63, 3.8) is 0 Å². The van der Waals surface area contributed by atoms with Crippen LogP contribution in [0.15, 0.2) is 12.1 Å². The number of carbonyl (C=O) groups excluding carboxylic acids is 1. The molecule has 15 heavy (non-hydrogen) atoms. The van der Waals surface area contributed by atoms with Gasteiger partial charge in [0.1, 0.15) is 13.2 Å². The molecule has 1 unspecified atom stereocenters. The molecule has 2 aliphatic rings. The summed E-state index contributed by atoms with van der Waals surface area (Å²) in [7, 11) is 0. The molecule has 2 N–H and O–H groups in total. The van der Waals surface area contributed by atoms with E-state index in [0.717, 1.165) is 5.56 Å². The number of Topliss-reactive ketones (excluding diaryl/α,β-unsaturated/α-hetero) is 1. The average molecular weight is 205 g/mol. The molecule has 0 radical (unpaired) electrons. The number of benzene rings is 1. The van der Waals surface area contributed by atoms with Crippen LogP contribution in [0, 0.1) is 0 Å². The smallest absolute Gasteiger partial charge is 0.165 e. The Hall–Kier alpha value is -1.55. The molecule has 0 saturated heterocycles. The quantitative estimate of drug-likeness (QED) is 0.687. The van der Waals surface area contributed by atoms with Gasteiger partial charge in [-0.2, -0.15) is 0 Å². The van der Waals surface area contributed by atoms with Crippen LogP contribution in [0.1, 0.15) is 28.4 Å². The molecule has 1 aliphatic heterocycles. The van der Waals surface area contributed by atoms with E-state index >= 15 is 0 Å². The molecular weight excluding hydrogens is 194 g/mol. The Labute approximate surface area is 87.0 Å². The van der Waals surface area contributed by atoms with Gasteiger partial charge >= 0.3 is 0 Å². The molecule has 0 aromatic heterocycles.